The molecule has 1 rings (SSSR count). The Hall–Kier alpha value is -0.800. The summed E-state index contributed by atoms with van der Waals surface area (Å²) in [4.78, 5) is 0. The van der Waals surface area contributed by atoms with E-state index in [0.717, 1.165) is 5.56 Å². The lowest BCUT2D eigenvalue weighted by Gasteiger charge is -2.01. The van der Waals surface area contributed by atoms with Crippen LogP contribution in [0.25, 0.3) is 6.08 Å². The molecule has 0 aliphatic carbocycles. The van der Waals surface area contributed by atoms with Crippen LogP contribution in [0, 0.1) is 5.82 Å². The molecule has 0 aliphatic rings. The maximum absolute atomic E-state index is 12.8. The van der Waals surface area contributed by atoms with Crippen LogP contribution in [0.2, 0.25) is 0 Å². The van der Waals surface area contributed by atoms with Crippen molar-refractivity contribution in [1.82, 2.24) is 0 Å². The van der Waals surface area contributed by atoms with Crippen LogP contribution in [0.15, 0.2) is 24.3 Å². The van der Waals surface area contributed by atoms with Crippen LogP contribution in [-0.2, 0) is 6.61 Å². The predicted octanol–water partition coefficient (Wildman–Crippen LogP) is 2.26. The van der Waals surface area contributed by atoms with Crippen LogP contribution in [-0.4, -0.2) is 10.9 Å². The van der Waals surface area contributed by atoms with Gasteiger partial charge in [0.15, 0.2) is 0 Å². The standard InChI is InChI=1S/C10H11FOS/c11-10-4-3-9(7-12)8(6-10)2-1-5-13/h1-4,6,12-13H,5,7H2. The molecule has 70 valence electrons. The molecule has 13 heavy (non-hydrogen) atoms. The maximum Gasteiger partial charge on any atom is 0.123 e. The quantitative estimate of drug-likeness (QED) is 0.714. The molecule has 0 fully saturated rings. The number of aliphatic hydroxyl groups is 1. The van der Waals surface area contributed by atoms with E-state index in [2.05, 4.69) is 12.6 Å². The van der Waals surface area contributed by atoms with Crippen molar-refractivity contribution in [3.8, 4) is 0 Å². The first-order valence-electron chi connectivity index (χ1n) is 3.94. The van der Waals surface area contributed by atoms with Gasteiger partial charge in [-0.05, 0) is 23.3 Å². The molecule has 0 bridgehead atoms. The van der Waals surface area contributed by atoms with Gasteiger partial charge < -0.3 is 5.11 Å². The molecule has 1 aromatic rings. The molecule has 3 heteroatoms. The zero-order chi connectivity index (χ0) is 9.68. The Balaban J connectivity index is 3.01. The molecule has 1 aromatic carbocycles. The Morgan fingerprint density at radius 2 is 2.23 bits per heavy atom. The zero-order valence-corrected chi connectivity index (χ0v) is 7.97. The van der Waals surface area contributed by atoms with Crippen molar-refractivity contribution in [1.29, 1.82) is 0 Å². The van der Waals surface area contributed by atoms with Gasteiger partial charge >= 0.3 is 0 Å². The number of benzene rings is 1. The van der Waals surface area contributed by atoms with Crippen molar-refractivity contribution in [2.24, 2.45) is 0 Å². The maximum atomic E-state index is 12.8. The Labute approximate surface area is 82.3 Å². The molecule has 0 saturated carbocycles. The lowest BCUT2D eigenvalue weighted by molar-refractivity contribution is 0.281. The summed E-state index contributed by atoms with van der Waals surface area (Å²) in [5, 5.41) is 8.93. The average Bonchev–Trinajstić information content (AvgIpc) is 2.15. The molecule has 0 spiro atoms. The molecule has 0 aromatic heterocycles. The molecule has 0 saturated heterocycles. The highest BCUT2D eigenvalue weighted by Crippen LogP contribution is 2.13. The van der Waals surface area contributed by atoms with Gasteiger partial charge in [-0.2, -0.15) is 12.6 Å². The van der Waals surface area contributed by atoms with Gasteiger partial charge in [0.1, 0.15) is 5.82 Å². The second-order valence-corrected chi connectivity index (χ2v) is 2.95. The molecule has 0 aliphatic heterocycles. The van der Waals surface area contributed by atoms with Crippen LogP contribution >= 0.6 is 12.6 Å². The number of aliphatic hydroxyl groups excluding tert-OH is 1. The van der Waals surface area contributed by atoms with Gasteiger partial charge in [-0.25, -0.2) is 4.39 Å². The van der Waals surface area contributed by atoms with Gasteiger partial charge in [-0.15, -0.1) is 0 Å². The molecule has 0 heterocycles. The van der Waals surface area contributed by atoms with Crippen molar-refractivity contribution in [2.45, 2.75) is 6.61 Å². The number of halogens is 1. The minimum absolute atomic E-state index is 0.0769. The normalized spacial score (nSPS) is 11.0. The number of hydrogen-bond donors (Lipinski definition) is 2. The minimum atomic E-state index is -0.295. The fourth-order valence-corrected chi connectivity index (χ4v) is 1.15. The number of rotatable bonds is 3. The second kappa shape index (κ2) is 5.04. The van der Waals surface area contributed by atoms with Gasteiger partial charge in [0.25, 0.3) is 0 Å². The molecule has 0 radical (unpaired) electrons. The third-order valence-corrected chi connectivity index (χ3v) is 1.89. The van der Waals surface area contributed by atoms with E-state index in [4.69, 9.17) is 5.11 Å². The summed E-state index contributed by atoms with van der Waals surface area (Å²) >= 11 is 4.00. The summed E-state index contributed by atoms with van der Waals surface area (Å²) in [6.45, 7) is -0.0769. The molecule has 0 unspecified atom stereocenters. The topological polar surface area (TPSA) is 20.2 Å². The summed E-state index contributed by atoms with van der Waals surface area (Å²) in [7, 11) is 0. The van der Waals surface area contributed by atoms with Gasteiger partial charge in [0.2, 0.25) is 0 Å². The summed E-state index contributed by atoms with van der Waals surface area (Å²) in [5.41, 5.74) is 1.43. The van der Waals surface area contributed by atoms with E-state index in [1.807, 2.05) is 0 Å². The van der Waals surface area contributed by atoms with Gasteiger partial charge in [0, 0.05) is 5.75 Å². The highest BCUT2D eigenvalue weighted by atomic mass is 32.1. The summed E-state index contributed by atoms with van der Waals surface area (Å²) < 4.78 is 12.8. The smallest absolute Gasteiger partial charge is 0.123 e. The van der Waals surface area contributed by atoms with Crippen LogP contribution in [0.3, 0.4) is 0 Å². The highest BCUT2D eigenvalue weighted by Gasteiger charge is 1.99. The van der Waals surface area contributed by atoms with Crippen molar-refractivity contribution >= 4 is 18.7 Å². The summed E-state index contributed by atoms with van der Waals surface area (Å²) in [5.74, 6) is 0.303. The lowest BCUT2D eigenvalue weighted by atomic mass is 10.1. The van der Waals surface area contributed by atoms with Crippen LogP contribution in [0.4, 0.5) is 4.39 Å². The number of thiol groups is 1. The molecule has 1 nitrogen and oxygen atoms in total. The largest absolute Gasteiger partial charge is 0.392 e. The fraction of sp³-hybridized carbons (Fsp3) is 0.200. The van der Waals surface area contributed by atoms with E-state index in [0.29, 0.717) is 11.3 Å². The fourth-order valence-electron chi connectivity index (χ4n) is 1.04. The van der Waals surface area contributed by atoms with Gasteiger partial charge in [-0.3, -0.25) is 0 Å². The summed E-state index contributed by atoms with van der Waals surface area (Å²) in [6.07, 6.45) is 3.55. The monoisotopic (exact) mass is 198 g/mol. The minimum Gasteiger partial charge on any atom is -0.392 e. The number of hydrogen-bond acceptors (Lipinski definition) is 2. The molecule has 0 atom stereocenters. The highest BCUT2D eigenvalue weighted by molar-refractivity contribution is 7.80. The third kappa shape index (κ3) is 2.86. The first kappa shape index (κ1) is 10.3. The molecule has 0 amide bonds. The van der Waals surface area contributed by atoms with E-state index in [1.165, 1.54) is 12.1 Å². The van der Waals surface area contributed by atoms with Gasteiger partial charge in [0.05, 0.1) is 6.61 Å². The first-order chi connectivity index (χ1) is 6.27. The Bertz CT molecular complexity index is 310. The molecular weight excluding hydrogens is 187 g/mol. The van der Waals surface area contributed by atoms with Gasteiger partial charge in [-0.1, -0.05) is 18.2 Å². The lowest BCUT2D eigenvalue weighted by Crippen LogP contribution is -1.89. The Morgan fingerprint density at radius 3 is 2.85 bits per heavy atom. The van der Waals surface area contributed by atoms with E-state index in [-0.39, 0.29) is 12.4 Å². The SMILES string of the molecule is OCc1ccc(F)cc1C=CCS. The van der Waals surface area contributed by atoms with Crippen molar-refractivity contribution in [3.05, 3.63) is 41.2 Å². The zero-order valence-electron chi connectivity index (χ0n) is 7.07. The summed E-state index contributed by atoms with van der Waals surface area (Å²) in [6, 6.07) is 4.31. The van der Waals surface area contributed by atoms with Crippen LogP contribution < -0.4 is 0 Å². The van der Waals surface area contributed by atoms with E-state index in [1.54, 1.807) is 18.2 Å². The van der Waals surface area contributed by atoms with Crippen LogP contribution in [0.1, 0.15) is 11.1 Å². The first-order valence-corrected chi connectivity index (χ1v) is 4.58. The third-order valence-electron chi connectivity index (χ3n) is 1.68. The molecule has 1 N–H and O–H groups in total. The Morgan fingerprint density at radius 1 is 1.46 bits per heavy atom. The van der Waals surface area contributed by atoms with Crippen LogP contribution in [0.5, 0.6) is 0 Å². The van der Waals surface area contributed by atoms with E-state index in [9.17, 15) is 4.39 Å². The molecular formula is C10H11FOS. The Kier molecular flexibility index (Phi) is 3.99. The average molecular weight is 198 g/mol. The van der Waals surface area contributed by atoms with Crippen molar-refractivity contribution < 1.29 is 9.50 Å². The van der Waals surface area contributed by atoms with Crippen molar-refractivity contribution in [2.75, 3.05) is 5.75 Å². The van der Waals surface area contributed by atoms with Crippen molar-refractivity contribution in [3.63, 3.8) is 0 Å². The predicted molar refractivity (Wildman–Crippen MR) is 55.2 cm³/mol. The van der Waals surface area contributed by atoms with E-state index >= 15 is 0 Å². The van der Waals surface area contributed by atoms with E-state index < -0.39 is 0 Å². The second-order valence-electron chi connectivity index (χ2n) is 2.59.